The summed E-state index contributed by atoms with van der Waals surface area (Å²) in [6.45, 7) is 4.90. The van der Waals surface area contributed by atoms with Gasteiger partial charge in [0.2, 0.25) is 0 Å². The van der Waals surface area contributed by atoms with E-state index < -0.39 is 0 Å². The van der Waals surface area contributed by atoms with Crippen LogP contribution in [0.3, 0.4) is 0 Å². The Morgan fingerprint density at radius 3 is 2.83 bits per heavy atom. The Bertz CT molecular complexity index is 420. The minimum Gasteiger partial charge on any atom is -0.494 e. The molecule has 0 spiro atoms. The molecule has 1 aromatic rings. The molecule has 1 saturated heterocycles. The number of halogens is 1. The molecule has 2 rings (SSSR count). The Kier molecular flexibility index (Phi) is 3.76. The predicted octanol–water partition coefficient (Wildman–Crippen LogP) is 3.20. The Morgan fingerprint density at radius 2 is 2.28 bits per heavy atom. The summed E-state index contributed by atoms with van der Waals surface area (Å²) >= 11 is 0. The van der Waals surface area contributed by atoms with Crippen molar-refractivity contribution in [1.29, 1.82) is 0 Å². The number of hydrogen-bond donors (Lipinski definition) is 1. The fourth-order valence-corrected chi connectivity index (χ4v) is 2.23. The molecular formula is C14H20FNO2. The molecule has 1 N–H and O–H groups in total. The minimum atomic E-state index is -0.352. The Labute approximate surface area is 107 Å². The predicted molar refractivity (Wildman–Crippen MR) is 69.6 cm³/mol. The van der Waals surface area contributed by atoms with E-state index in [2.05, 4.69) is 19.2 Å². The van der Waals surface area contributed by atoms with Gasteiger partial charge in [-0.1, -0.05) is 0 Å². The molecule has 18 heavy (non-hydrogen) atoms. The van der Waals surface area contributed by atoms with Crippen molar-refractivity contribution < 1.29 is 13.9 Å². The molecule has 1 heterocycles. The highest BCUT2D eigenvalue weighted by Crippen LogP contribution is 2.29. The van der Waals surface area contributed by atoms with Crippen molar-refractivity contribution >= 4 is 5.69 Å². The van der Waals surface area contributed by atoms with Gasteiger partial charge in [0.15, 0.2) is 11.6 Å². The zero-order chi connectivity index (χ0) is 13.2. The summed E-state index contributed by atoms with van der Waals surface area (Å²) in [5, 5.41) is 3.20. The SMILES string of the molecule is COc1ccc(NCC2CCC(C)(C)O2)cc1F. The first kappa shape index (κ1) is 13.1. The van der Waals surface area contributed by atoms with Gasteiger partial charge in [0.05, 0.1) is 18.8 Å². The molecule has 3 nitrogen and oxygen atoms in total. The van der Waals surface area contributed by atoms with Crippen LogP contribution in [0.5, 0.6) is 5.75 Å². The van der Waals surface area contributed by atoms with E-state index in [1.54, 1.807) is 6.07 Å². The van der Waals surface area contributed by atoms with Crippen LogP contribution in [0.15, 0.2) is 18.2 Å². The van der Waals surface area contributed by atoms with Crippen LogP contribution in [-0.4, -0.2) is 25.4 Å². The lowest BCUT2D eigenvalue weighted by molar-refractivity contribution is -0.00911. The zero-order valence-corrected chi connectivity index (χ0v) is 11.1. The van der Waals surface area contributed by atoms with Crippen LogP contribution >= 0.6 is 0 Å². The lowest BCUT2D eigenvalue weighted by Crippen LogP contribution is -2.24. The van der Waals surface area contributed by atoms with Crippen LogP contribution in [-0.2, 0) is 4.74 Å². The number of nitrogens with one attached hydrogen (secondary N) is 1. The van der Waals surface area contributed by atoms with Crippen LogP contribution in [0, 0.1) is 5.82 Å². The Morgan fingerprint density at radius 1 is 1.50 bits per heavy atom. The number of anilines is 1. The van der Waals surface area contributed by atoms with Crippen LogP contribution in [0.2, 0.25) is 0 Å². The van der Waals surface area contributed by atoms with Gasteiger partial charge >= 0.3 is 0 Å². The zero-order valence-electron chi connectivity index (χ0n) is 11.1. The lowest BCUT2D eigenvalue weighted by atomic mass is 10.1. The average Bonchev–Trinajstić information content (AvgIpc) is 2.66. The molecular weight excluding hydrogens is 233 g/mol. The van der Waals surface area contributed by atoms with Crippen molar-refractivity contribution in [3.63, 3.8) is 0 Å². The smallest absolute Gasteiger partial charge is 0.167 e. The summed E-state index contributed by atoms with van der Waals surface area (Å²) in [6.07, 6.45) is 2.31. The third-order valence-corrected chi connectivity index (χ3v) is 3.24. The van der Waals surface area contributed by atoms with Gasteiger partial charge in [-0.2, -0.15) is 0 Å². The molecule has 1 aliphatic rings. The van der Waals surface area contributed by atoms with Crippen LogP contribution in [0.1, 0.15) is 26.7 Å². The molecule has 1 atom stereocenters. The number of ether oxygens (including phenoxy) is 2. The molecule has 1 aromatic carbocycles. The molecule has 1 fully saturated rings. The molecule has 0 saturated carbocycles. The van der Waals surface area contributed by atoms with Crippen molar-refractivity contribution in [3.05, 3.63) is 24.0 Å². The van der Waals surface area contributed by atoms with Gasteiger partial charge in [0.1, 0.15) is 0 Å². The molecule has 0 radical (unpaired) electrons. The quantitative estimate of drug-likeness (QED) is 0.893. The fraction of sp³-hybridized carbons (Fsp3) is 0.571. The second kappa shape index (κ2) is 5.14. The summed E-state index contributed by atoms with van der Waals surface area (Å²) in [4.78, 5) is 0. The highest BCUT2D eigenvalue weighted by molar-refractivity contribution is 5.47. The van der Waals surface area contributed by atoms with E-state index in [0.717, 1.165) is 18.5 Å². The first-order valence-corrected chi connectivity index (χ1v) is 6.25. The maximum Gasteiger partial charge on any atom is 0.167 e. The fourth-order valence-electron chi connectivity index (χ4n) is 2.23. The monoisotopic (exact) mass is 253 g/mol. The summed E-state index contributed by atoms with van der Waals surface area (Å²) in [5.41, 5.74) is 0.721. The summed E-state index contributed by atoms with van der Waals surface area (Å²) < 4.78 is 24.2. The summed E-state index contributed by atoms with van der Waals surface area (Å²) in [5.74, 6) is -0.0889. The molecule has 1 aliphatic heterocycles. The van der Waals surface area contributed by atoms with E-state index >= 15 is 0 Å². The summed E-state index contributed by atoms with van der Waals surface area (Å²) in [7, 11) is 1.46. The molecule has 0 aromatic heterocycles. The largest absolute Gasteiger partial charge is 0.494 e. The van der Waals surface area contributed by atoms with E-state index in [1.165, 1.54) is 13.2 Å². The van der Waals surface area contributed by atoms with E-state index in [9.17, 15) is 4.39 Å². The van der Waals surface area contributed by atoms with Crippen LogP contribution in [0.4, 0.5) is 10.1 Å². The first-order valence-electron chi connectivity index (χ1n) is 6.25. The molecule has 1 unspecified atom stereocenters. The number of methoxy groups -OCH3 is 1. The summed E-state index contributed by atoms with van der Waals surface area (Å²) in [6, 6.07) is 4.87. The lowest BCUT2D eigenvalue weighted by Gasteiger charge is -2.19. The van der Waals surface area contributed by atoms with Gasteiger partial charge in [-0.3, -0.25) is 0 Å². The van der Waals surface area contributed by atoms with Crippen molar-refractivity contribution in [2.75, 3.05) is 19.0 Å². The van der Waals surface area contributed by atoms with E-state index in [-0.39, 0.29) is 23.3 Å². The highest BCUT2D eigenvalue weighted by atomic mass is 19.1. The third kappa shape index (κ3) is 3.13. The van der Waals surface area contributed by atoms with E-state index in [4.69, 9.17) is 9.47 Å². The molecule has 0 aliphatic carbocycles. The minimum absolute atomic E-state index is 0.0303. The number of hydrogen-bond acceptors (Lipinski definition) is 3. The molecule has 0 bridgehead atoms. The topological polar surface area (TPSA) is 30.5 Å². The maximum atomic E-state index is 13.5. The number of rotatable bonds is 4. The first-order chi connectivity index (χ1) is 8.50. The maximum absolute atomic E-state index is 13.5. The van der Waals surface area contributed by atoms with Crippen LogP contribution < -0.4 is 10.1 Å². The van der Waals surface area contributed by atoms with Crippen molar-refractivity contribution in [1.82, 2.24) is 0 Å². The van der Waals surface area contributed by atoms with Gasteiger partial charge < -0.3 is 14.8 Å². The van der Waals surface area contributed by atoms with Gasteiger partial charge in [0, 0.05) is 18.3 Å². The van der Waals surface area contributed by atoms with Crippen molar-refractivity contribution in [2.45, 2.75) is 38.4 Å². The molecule has 4 heteroatoms. The Hall–Kier alpha value is -1.29. The van der Waals surface area contributed by atoms with E-state index in [1.807, 2.05) is 6.07 Å². The third-order valence-electron chi connectivity index (χ3n) is 3.24. The van der Waals surface area contributed by atoms with Gasteiger partial charge in [-0.25, -0.2) is 4.39 Å². The molecule has 0 amide bonds. The second-order valence-corrected chi connectivity index (χ2v) is 5.27. The standard InChI is InChI=1S/C14H20FNO2/c1-14(2)7-6-11(18-14)9-16-10-4-5-13(17-3)12(15)8-10/h4-5,8,11,16H,6-7,9H2,1-3H3. The normalized spacial score (nSPS) is 21.9. The van der Waals surface area contributed by atoms with E-state index in [0.29, 0.717) is 6.54 Å². The van der Waals surface area contributed by atoms with Crippen molar-refractivity contribution in [3.8, 4) is 5.75 Å². The van der Waals surface area contributed by atoms with Gasteiger partial charge in [-0.05, 0) is 38.8 Å². The highest BCUT2D eigenvalue weighted by Gasteiger charge is 2.31. The van der Waals surface area contributed by atoms with Crippen LogP contribution in [0.25, 0.3) is 0 Å². The molecule has 100 valence electrons. The Balaban J connectivity index is 1.89. The second-order valence-electron chi connectivity index (χ2n) is 5.27. The van der Waals surface area contributed by atoms with Gasteiger partial charge in [-0.15, -0.1) is 0 Å². The average molecular weight is 253 g/mol. The van der Waals surface area contributed by atoms with Crippen molar-refractivity contribution in [2.24, 2.45) is 0 Å². The van der Waals surface area contributed by atoms with Gasteiger partial charge in [0.25, 0.3) is 0 Å². The number of benzene rings is 1.